The predicted molar refractivity (Wildman–Crippen MR) is 67.8 cm³/mol. The number of amides is 1. The van der Waals surface area contributed by atoms with Crippen molar-refractivity contribution in [2.45, 2.75) is 19.9 Å². The zero-order valence-corrected chi connectivity index (χ0v) is 10.6. The van der Waals surface area contributed by atoms with E-state index in [0.717, 1.165) is 0 Å². The van der Waals surface area contributed by atoms with Gasteiger partial charge >= 0.3 is 0 Å². The summed E-state index contributed by atoms with van der Waals surface area (Å²) in [5.41, 5.74) is 0.659. The number of nitrogens with zero attached hydrogens (tertiary/aromatic N) is 1. The highest BCUT2D eigenvalue weighted by molar-refractivity contribution is 6.33. The molecule has 0 aliphatic rings. The van der Waals surface area contributed by atoms with Crippen molar-refractivity contribution < 1.29 is 4.79 Å². The molecule has 0 radical (unpaired) electrons. The third-order valence-corrected chi connectivity index (χ3v) is 2.75. The van der Waals surface area contributed by atoms with Crippen molar-refractivity contribution in [1.82, 2.24) is 4.90 Å². The number of anilines is 1. The lowest BCUT2D eigenvalue weighted by atomic mass is 10.3. The fraction of sp³-hybridized carbons (Fsp3) is 0.417. The third-order valence-electron chi connectivity index (χ3n) is 2.42. The number of carbonyl (C=O) groups is 1. The van der Waals surface area contributed by atoms with Gasteiger partial charge in [-0.25, -0.2) is 0 Å². The van der Waals surface area contributed by atoms with Crippen molar-refractivity contribution in [2.24, 2.45) is 0 Å². The monoisotopic (exact) mass is 240 g/mol. The lowest BCUT2D eigenvalue weighted by Gasteiger charge is -2.20. The first-order valence-corrected chi connectivity index (χ1v) is 5.63. The van der Waals surface area contributed by atoms with Gasteiger partial charge in [0.15, 0.2) is 0 Å². The number of carbonyl (C=O) groups excluding carboxylic acids is 1. The second-order valence-corrected chi connectivity index (χ2v) is 4.44. The van der Waals surface area contributed by atoms with Gasteiger partial charge in [-0.15, -0.1) is 0 Å². The van der Waals surface area contributed by atoms with Gasteiger partial charge in [0.2, 0.25) is 5.91 Å². The average molecular weight is 241 g/mol. The van der Waals surface area contributed by atoms with Crippen molar-refractivity contribution in [2.75, 3.05) is 18.9 Å². The lowest BCUT2D eigenvalue weighted by molar-refractivity contribution is -0.117. The van der Waals surface area contributed by atoms with Crippen LogP contribution in [0, 0.1) is 0 Å². The molecule has 0 aliphatic heterocycles. The van der Waals surface area contributed by atoms with Crippen molar-refractivity contribution in [3.05, 3.63) is 29.3 Å². The second-order valence-electron chi connectivity index (χ2n) is 4.04. The molecule has 0 heterocycles. The summed E-state index contributed by atoms with van der Waals surface area (Å²) < 4.78 is 0. The molecule has 1 amide bonds. The molecule has 16 heavy (non-hydrogen) atoms. The standard InChI is InChI=1S/C12H17ClN2O/c1-9(2)15(3)8-12(16)14-11-7-5-4-6-10(11)13/h4-7,9H,8H2,1-3H3,(H,14,16). The first kappa shape index (κ1) is 13.0. The van der Waals surface area contributed by atoms with Crippen LogP contribution >= 0.6 is 11.6 Å². The van der Waals surface area contributed by atoms with E-state index in [0.29, 0.717) is 23.3 Å². The van der Waals surface area contributed by atoms with Gasteiger partial charge in [0.05, 0.1) is 17.3 Å². The van der Waals surface area contributed by atoms with Crippen LogP contribution in [0.4, 0.5) is 5.69 Å². The molecular formula is C12H17ClN2O. The topological polar surface area (TPSA) is 32.3 Å². The number of para-hydroxylation sites is 1. The van der Waals surface area contributed by atoms with Crippen molar-refractivity contribution in [1.29, 1.82) is 0 Å². The van der Waals surface area contributed by atoms with E-state index < -0.39 is 0 Å². The van der Waals surface area contributed by atoms with E-state index in [4.69, 9.17) is 11.6 Å². The first-order chi connectivity index (χ1) is 7.50. The van der Waals surface area contributed by atoms with Crippen LogP contribution in [0.3, 0.4) is 0 Å². The number of hydrogen-bond acceptors (Lipinski definition) is 2. The van der Waals surface area contributed by atoms with E-state index in [1.54, 1.807) is 12.1 Å². The van der Waals surface area contributed by atoms with E-state index in [2.05, 4.69) is 5.32 Å². The Kier molecular flexibility index (Phi) is 4.77. The smallest absolute Gasteiger partial charge is 0.238 e. The van der Waals surface area contributed by atoms with Gasteiger partial charge < -0.3 is 5.32 Å². The van der Waals surface area contributed by atoms with E-state index in [1.807, 2.05) is 37.9 Å². The Bertz CT molecular complexity index is 366. The number of halogens is 1. The van der Waals surface area contributed by atoms with E-state index in [9.17, 15) is 4.79 Å². The summed E-state index contributed by atoms with van der Waals surface area (Å²) in [7, 11) is 1.91. The summed E-state index contributed by atoms with van der Waals surface area (Å²) in [4.78, 5) is 13.6. The van der Waals surface area contributed by atoms with Crippen LogP contribution < -0.4 is 5.32 Å². The fourth-order valence-corrected chi connectivity index (χ4v) is 1.34. The Morgan fingerprint density at radius 3 is 2.62 bits per heavy atom. The van der Waals surface area contributed by atoms with Gasteiger partial charge in [0.1, 0.15) is 0 Å². The lowest BCUT2D eigenvalue weighted by Crippen LogP contribution is -2.34. The van der Waals surface area contributed by atoms with E-state index in [-0.39, 0.29) is 5.91 Å². The molecule has 1 aromatic carbocycles. The van der Waals surface area contributed by atoms with Crippen LogP contribution in [0.5, 0.6) is 0 Å². The Balaban J connectivity index is 2.55. The maximum Gasteiger partial charge on any atom is 0.238 e. The number of likely N-dealkylation sites (N-methyl/N-ethyl adjacent to an activating group) is 1. The van der Waals surface area contributed by atoms with Crippen LogP contribution in [0.25, 0.3) is 0 Å². The third kappa shape index (κ3) is 3.83. The highest BCUT2D eigenvalue weighted by Crippen LogP contribution is 2.20. The molecule has 0 unspecified atom stereocenters. The number of hydrogen-bond donors (Lipinski definition) is 1. The van der Waals surface area contributed by atoms with Crippen LogP contribution in [-0.4, -0.2) is 30.4 Å². The van der Waals surface area contributed by atoms with Crippen molar-refractivity contribution >= 4 is 23.2 Å². The normalized spacial score (nSPS) is 10.9. The molecule has 0 saturated heterocycles. The van der Waals surface area contributed by atoms with E-state index in [1.165, 1.54) is 0 Å². The minimum absolute atomic E-state index is 0.0516. The molecule has 88 valence electrons. The summed E-state index contributed by atoms with van der Waals surface area (Å²) in [5.74, 6) is -0.0516. The molecular weight excluding hydrogens is 224 g/mol. The average Bonchev–Trinajstić information content (AvgIpc) is 2.21. The van der Waals surface area contributed by atoms with Crippen LogP contribution in [0.2, 0.25) is 5.02 Å². The molecule has 3 nitrogen and oxygen atoms in total. The Morgan fingerprint density at radius 1 is 1.44 bits per heavy atom. The van der Waals surface area contributed by atoms with Gasteiger partial charge in [-0.1, -0.05) is 23.7 Å². The quantitative estimate of drug-likeness (QED) is 0.878. The second kappa shape index (κ2) is 5.87. The van der Waals surface area contributed by atoms with Gasteiger partial charge in [-0.3, -0.25) is 9.69 Å². The summed E-state index contributed by atoms with van der Waals surface area (Å²) in [6, 6.07) is 7.56. The molecule has 4 heteroatoms. The number of nitrogens with one attached hydrogen (secondary N) is 1. The largest absolute Gasteiger partial charge is 0.324 e. The Hall–Kier alpha value is -1.06. The van der Waals surface area contributed by atoms with Gasteiger partial charge in [0.25, 0.3) is 0 Å². The molecule has 0 atom stereocenters. The van der Waals surface area contributed by atoms with Crippen LogP contribution in [0.15, 0.2) is 24.3 Å². The van der Waals surface area contributed by atoms with Gasteiger partial charge in [0, 0.05) is 6.04 Å². The summed E-state index contributed by atoms with van der Waals surface area (Å²) in [5, 5.41) is 3.34. The molecule has 0 saturated carbocycles. The molecule has 1 aromatic rings. The molecule has 0 fully saturated rings. The fourth-order valence-electron chi connectivity index (χ4n) is 1.16. The maximum atomic E-state index is 11.7. The van der Waals surface area contributed by atoms with E-state index >= 15 is 0 Å². The highest BCUT2D eigenvalue weighted by atomic mass is 35.5. The first-order valence-electron chi connectivity index (χ1n) is 5.25. The summed E-state index contributed by atoms with van der Waals surface area (Å²) in [6.07, 6.45) is 0. The maximum absolute atomic E-state index is 11.7. The summed E-state index contributed by atoms with van der Waals surface area (Å²) in [6.45, 7) is 4.45. The van der Waals surface area contributed by atoms with Crippen LogP contribution in [0.1, 0.15) is 13.8 Å². The minimum Gasteiger partial charge on any atom is -0.324 e. The van der Waals surface area contributed by atoms with Crippen LogP contribution in [-0.2, 0) is 4.79 Å². The van der Waals surface area contributed by atoms with Gasteiger partial charge in [-0.2, -0.15) is 0 Å². The zero-order valence-electron chi connectivity index (χ0n) is 9.83. The Morgan fingerprint density at radius 2 is 2.06 bits per heavy atom. The number of benzene rings is 1. The van der Waals surface area contributed by atoms with Crippen molar-refractivity contribution in [3.63, 3.8) is 0 Å². The molecule has 0 aromatic heterocycles. The molecule has 0 spiro atoms. The molecule has 0 aliphatic carbocycles. The molecule has 1 rings (SSSR count). The van der Waals surface area contributed by atoms with Crippen molar-refractivity contribution in [3.8, 4) is 0 Å². The highest BCUT2D eigenvalue weighted by Gasteiger charge is 2.10. The SMILES string of the molecule is CC(C)N(C)CC(=O)Nc1ccccc1Cl. The molecule has 0 bridgehead atoms. The zero-order chi connectivity index (χ0) is 12.1. The number of rotatable bonds is 4. The minimum atomic E-state index is -0.0516. The molecule has 1 N–H and O–H groups in total. The summed E-state index contributed by atoms with van der Waals surface area (Å²) >= 11 is 5.94. The predicted octanol–water partition coefficient (Wildman–Crippen LogP) is 2.62. The Labute approximate surface area is 101 Å². The van der Waals surface area contributed by atoms with Gasteiger partial charge in [-0.05, 0) is 33.0 Å².